The molecule has 0 unspecified atom stereocenters. The molecule has 1 aromatic carbocycles. The van der Waals surface area contributed by atoms with E-state index in [1.165, 1.54) is 30.5 Å². The van der Waals surface area contributed by atoms with E-state index >= 15 is 0 Å². The first kappa shape index (κ1) is 19.7. The Balaban J connectivity index is 1.32. The number of nitrogens with one attached hydrogen (secondary N) is 2. The number of pyridine rings is 2. The summed E-state index contributed by atoms with van der Waals surface area (Å²) in [5.74, 6) is -0.251. The minimum absolute atomic E-state index is 0.0107. The number of hydrogen-bond acceptors (Lipinski definition) is 8. The van der Waals surface area contributed by atoms with E-state index in [-0.39, 0.29) is 11.8 Å². The first-order chi connectivity index (χ1) is 15.2. The molecular formula is C21H15FN6O3. The van der Waals surface area contributed by atoms with Gasteiger partial charge in [0.1, 0.15) is 5.75 Å². The molecule has 10 heteroatoms. The molecule has 4 rings (SSSR count). The number of carbonyl (C=O) groups is 1. The standard InChI is InChI=1S/C21H15FN6O3/c22-17-12-14(3-5-18(17)30-16-2-1-9-24-13-16)4-6-19(29)26-27-21-25-20(28-31-21)15-7-10-23-11-8-15/h1-13H,(H,26,29)(H,25,27,28)/b6-4+. The van der Waals surface area contributed by atoms with Gasteiger partial charge >= 0.3 is 6.01 Å². The van der Waals surface area contributed by atoms with Crippen LogP contribution in [0, 0.1) is 5.82 Å². The molecule has 0 aliphatic carbocycles. The molecule has 1 amide bonds. The molecule has 0 aliphatic heterocycles. The number of halogens is 1. The molecule has 0 saturated heterocycles. The van der Waals surface area contributed by atoms with E-state index < -0.39 is 11.7 Å². The average molecular weight is 418 g/mol. The largest absolute Gasteiger partial charge is 0.453 e. The van der Waals surface area contributed by atoms with Crippen molar-refractivity contribution in [2.45, 2.75) is 0 Å². The van der Waals surface area contributed by atoms with Crippen LogP contribution in [0.4, 0.5) is 10.4 Å². The molecule has 31 heavy (non-hydrogen) atoms. The van der Waals surface area contributed by atoms with Crippen LogP contribution in [0.1, 0.15) is 5.56 Å². The summed E-state index contributed by atoms with van der Waals surface area (Å²) in [7, 11) is 0. The van der Waals surface area contributed by atoms with Gasteiger partial charge in [-0.2, -0.15) is 4.98 Å². The van der Waals surface area contributed by atoms with Crippen molar-refractivity contribution in [2.24, 2.45) is 0 Å². The Morgan fingerprint density at radius 3 is 2.74 bits per heavy atom. The van der Waals surface area contributed by atoms with Crippen LogP contribution in [0.25, 0.3) is 17.5 Å². The maximum Gasteiger partial charge on any atom is 0.340 e. The fourth-order valence-corrected chi connectivity index (χ4v) is 2.46. The molecule has 2 N–H and O–H groups in total. The number of benzene rings is 1. The lowest BCUT2D eigenvalue weighted by Crippen LogP contribution is -2.27. The van der Waals surface area contributed by atoms with Gasteiger partial charge in [-0.3, -0.25) is 20.2 Å². The third kappa shape index (κ3) is 5.26. The van der Waals surface area contributed by atoms with Crippen molar-refractivity contribution in [2.75, 3.05) is 5.43 Å². The summed E-state index contributed by atoms with van der Waals surface area (Å²) >= 11 is 0. The predicted molar refractivity (Wildman–Crippen MR) is 109 cm³/mol. The number of hydrazine groups is 1. The lowest BCUT2D eigenvalue weighted by atomic mass is 10.2. The number of nitrogens with zero attached hydrogens (tertiary/aromatic N) is 4. The van der Waals surface area contributed by atoms with Crippen molar-refractivity contribution in [1.29, 1.82) is 0 Å². The normalized spacial score (nSPS) is 10.7. The van der Waals surface area contributed by atoms with Gasteiger partial charge in [0, 0.05) is 30.2 Å². The number of amides is 1. The topological polar surface area (TPSA) is 115 Å². The number of anilines is 1. The zero-order chi connectivity index (χ0) is 21.5. The summed E-state index contributed by atoms with van der Waals surface area (Å²) in [4.78, 5) is 23.9. The quantitative estimate of drug-likeness (QED) is 0.345. The van der Waals surface area contributed by atoms with Crippen molar-refractivity contribution >= 4 is 18.0 Å². The van der Waals surface area contributed by atoms with Crippen LogP contribution in [0.15, 0.2) is 77.9 Å². The third-order valence-corrected chi connectivity index (χ3v) is 3.90. The monoisotopic (exact) mass is 418 g/mol. The summed E-state index contributed by atoms with van der Waals surface area (Å²) < 4.78 is 24.7. The highest BCUT2D eigenvalue weighted by Gasteiger charge is 2.09. The summed E-state index contributed by atoms with van der Waals surface area (Å²) in [5, 5.41) is 3.80. The lowest BCUT2D eigenvalue weighted by Gasteiger charge is -2.06. The molecule has 0 saturated carbocycles. The maximum atomic E-state index is 14.2. The summed E-state index contributed by atoms with van der Waals surface area (Å²) in [6.07, 6.45) is 8.95. The number of aromatic nitrogens is 4. The van der Waals surface area contributed by atoms with Crippen LogP contribution in [0.5, 0.6) is 11.5 Å². The molecule has 9 nitrogen and oxygen atoms in total. The van der Waals surface area contributed by atoms with Crippen molar-refractivity contribution in [3.63, 3.8) is 0 Å². The van der Waals surface area contributed by atoms with Crippen LogP contribution in [-0.4, -0.2) is 26.0 Å². The van der Waals surface area contributed by atoms with E-state index in [4.69, 9.17) is 9.26 Å². The van der Waals surface area contributed by atoms with Gasteiger partial charge in [-0.15, -0.1) is 0 Å². The highest BCUT2D eigenvalue weighted by atomic mass is 19.1. The van der Waals surface area contributed by atoms with Gasteiger partial charge in [0.2, 0.25) is 5.82 Å². The van der Waals surface area contributed by atoms with E-state index in [0.717, 1.165) is 5.56 Å². The molecule has 0 bridgehead atoms. The molecule has 0 aliphatic rings. The Bertz CT molecular complexity index is 1200. The Kier molecular flexibility index (Phi) is 5.89. The molecule has 0 spiro atoms. The van der Waals surface area contributed by atoms with Gasteiger partial charge in [0.25, 0.3) is 5.91 Å². The summed E-state index contributed by atoms with van der Waals surface area (Å²) in [5.41, 5.74) is 6.09. The zero-order valence-corrected chi connectivity index (χ0v) is 15.9. The van der Waals surface area contributed by atoms with Crippen LogP contribution in [0.3, 0.4) is 0 Å². The van der Waals surface area contributed by atoms with Crippen molar-refractivity contribution in [1.82, 2.24) is 25.5 Å². The van der Waals surface area contributed by atoms with E-state index in [1.807, 2.05) is 0 Å². The molecule has 0 atom stereocenters. The molecule has 154 valence electrons. The zero-order valence-electron chi connectivity index (χ0n) is 15.9. The van der Waals surface area contributed by atoms with Crippen LogP contribution < -0.4 is 15.6 Å². The van der Waals surface area contributed by atoms with Gasteiger partial charge < -0.3 is 9.26 Å². The Morgan fingerprint density at radius 2 is 1.97 bits per heavy atom. The minimum atomic E-state index is -0.570. The van der Waals surface area contributed by atoms with Gasteiger partial charge in [0.05, 0.1) is 6.20 Å². The molecule has 0 radical (unpaired) electrons. The third-order valence-electron chi connectivity index (χ3n) is 3.90. The van der Waals surface area contributed by atoms with Crippen LogP contribution >= 0.6 is 0 Å². The highest BCUT2D eigenvalue weighted by Crippen LogP contribution is 2.24. The second kappa shape index (κ2) is 9.27. The van der Waals surface area contributed by atoms with Crippen molar-refractivity contribution in [3.05, 3.63) is 84.7 Å². The van der Waals surface area contributed by atoms with Gasteiger partial charge in [0.15, 0.2) is 11.6 Å². The van der Waals surface area contributed by atoms with E-state index in [1.54, 1.807) is 48.9 Å². The fraction of sp³-hybridized carbons (Fsp3) is 0. The van der Waals surface area contributed by atoms with E-state index in [2.05, 4.69) is 31.0 Å². The van der Waals surface area contributed by atoms with E-state index in [0.29, 0.717) is 17.1 Å². The smallest absolute Gasteiger partial charge is 0.340 e. The Morgan fingerprint density at radius 1 is 1.10 bits per heavy atom. The van der Waals surface area contributed by atoms with Gasteiger partial charge in [-0.25, -0.2) is 9.82 Å². The Hall–Kier alpha value is -4.60. The van der Waals surface area contributed by atoms with Crippen molar-refractivity contribution < 1.29 is 18.4 Å². The van der Waals surface area contributed by atoms with Gasteiger partial charge in [-0.05, 0) is 48.0 Å². The molecular weight excluding hydrogens is 403 g/mol. The molecule has 3 aromatic heterocycles. The highest BCUT2D eigenvalue weighted by molar-refractivity contribution is 5.92. The second-order valence-corrected chi connectivity index (χ2v) is 6.09. The van der Waals surface area contributed by atoms with E-state index in [9.17, 15) is 9.18 Å². The van der Waals surface area contributed by atoms with Crippen LogP contribution in [0.2, 0.25) is 0 Å². The lowest BCUT2D eigenvalue weighted by molar-refractivity contribution is -0.116. The molecule has 3 heterocycles. The number of rotatable bonds is 7. The first-order valence-corrected chi connectivity index (χ1v) is 9.03. The summed E-state index contributed by atoms with van der Waals surface area (Å²) in [6, 6.07) is 11.2. The SMILES string of the molecule is O=C(/C=C/c1ccc(Oc2cccnc2)c(F)c1)NNc1nc(-c2ccncc2)no1. The Labute approximate surface area is 175 Å². The second-order valence-electron chi connectivity index (χ2n) is 6.09. The first-order valence-electron chi connectivity index (χ1n) is 9.03. The molecule has 0 fully saturated rings. The number of carbonyl (C=O) groups excluding carboxylic acids is 1. The van der Waals surface area contributed by atoms with Gasteiger partial charge in [-0.1, -0.05) is 11.2 Å². The molecule has 4 aromatic rings. The number of hydrogen-bond donors (Lipinski definition) is 2. The number of ether oxygens (including phenoxy) is 1. The van der Waals surface area contributed by atoms with Crippen LogP contribution in [-0.2, 0) is 4.79 Å². The average Bonchev–Trinajstić information content (AvgIpc) is 3.28. The summed E-state index contributed by atoms with van der Waals surface area (Å²) in [6.45, 7) is 0. The fourth-order valence-electron chi connectivity index (χ4n) is 2.46. The predicted octanol–water partition coefficient (Wildman–Crippen LogP) is 3.61. The van der Waals surface area contributed by atoms with Crippen molar-refractivity contribution in [3.8, 4) is 22.9 Å². The maximum absolute atomic E-state index is 14.2. The minimum Gasteiger partial charge on any atom is -0.453 e.